The van der Waals surface area contributed by atoms with Crippen molar-refractivity contribution in [1.29, 1.82) is 0 Å². The van der Waals surface area contributed by atoms with E-state index in [1.54, 1.807) is 37.6 Å². The molecule has 36 heavy (non-hydrogen) atoms. The molecule has 188 valence electrons. The largest absolute Gasteiger partial charge is 0.573 e. The fourth-order valence-corrected chi connectivity index (χ4v) is 4.54. The van der Waals surface area contributed by atoms with Gasteiger partial charge in [0.1, 0.15) is 5.75 Å². The van der Waals surface area contributed by atoms with E-state index in [-0.39, 0.29) is 30.2 Å². The number of fused-ring (bicyclic) bond motifs is 2. The van der Waals surface area contributed by atoms with Gasteiger partial charge in [-0.3, -0.25) is 4.79 Å². The van der Waals surface area contributed by atoms with Crippen LogP contribution in [0.2, 0.25) is 0 Å². The van der Waals surface area contributed by atoms with Crippen molar-refractivity contribution in [3.8, 4) is 16.9 Å². The summed E-state index contributed by atoms with van der Waals surface area (Å²) in [7, 11) is 1.63. The van der Waals surface area contributed by atoms with Gasteiger partial charge < -0.3 is 24.4 Å². The Hall–Kier alpha value is -3.70. The number of alkyl halides is 3. The van der Waals surface area contributed by atoms with Crippen LogP contribution in [0.1, 0.15) is 15.9 Å². The number of halogens is 3. The van der Waals surface area contributed by atoms with Gasteiger partial charge in [-0.1, -0.05) is 18.2 Å². The van der Waals surface area contributed by atoms with Crippen LogP contribution in [0.5, 0.6) is 5.75 Å². The first-order chi connectivity index (χ1) is 17.2. The summed E-state index contributed by atoms with van der Waals surface area (Å²) >= 11 is 0. The monoisotopic (exact) mass is 500 g/mol. The van der Waals surface area contributed by atoms with Gasteiger partial charge in [0.05, 0.1) is 25.2 Å². The summed E-state index contributed by atoms with van der Waals surface area (Å²) in [5.74, 6) is -0.137. The lowest BCUT2D eigenvalue weighted by Gasteiger charge is -2.38. The highest BCUT2D eigenvalue weighted by Gasteiger charge is 2.49. The predicted octanol–water partition coefficient (Wildman–Crippen LogP) is 3.53. The van der Waals surface area contributed by atoms with Crippen LogP contribution in [0, 0.1) is 0 Å². The summed E-state index contributed by atoms with van der Waals surface area (Å²) in [5, 5.41) is 9.17. The van der Waals surface area contributed by atoms with Gasteiger partial charge in [0.2, 0.25) is 5.95 Å². The fraction of sp³-hybridized carbons (Fsp3) is 0.320. The van der Waals surface area contributed by atoms with Crippen molar-refractivity contribution in [3.63, 3.8) is 0 Å². The Kier molecular flexibility index (Phi) is 6.05. The topological polar surface area (TPSA) is 88.0 Å². The van der Waals surface area contributed by atoms with Gasteiger partial charge in [-0.15, -0.1) is 13.2 Å². The molecule has 0 bridgehead atoms. The number of hydrogen-bond donors (Lipinski definition) is 1. The lowest BCUT2D eigenvalue weighted by molar-refractivity contribution is -0.274. The number of anilines is 2. The zero-order valence-corrected chi connectivity index (χ0v) is 19.3. The number of carbonyl (C=O) groups excluding carboxylic acids is 1. The minimum absolute atomic E-state index is 0.134. The molecule has 2 aliphatic heterocycles. The van der Waals surface area contributed by atoms with Crippen LogP contribution < -0.4 is 9.64 Å². The van der Waals surface area contributed by atoms with E-state index < -0.39 is 6.36 Å². The average molecular weight is 500 g/mol. The number of aromatic nitrogens is 2. The first-order valence-electron chi connectivity index (χ1n) is 11.2. The van der Waals surface area contributed by atoms with Gasteiger partial charge in [-0.25, -0.2) is 9.97 Å². The summed E-state index contributed by atoms with van der Waals surface area (Å²) in [4.78, 5) is 25.1. The highest BCUT2D eigenvalue weighted by molar-refractivity contribution is 5.96. The van der Waals surface area contributed by atoms with Crippen LogP contribution in [-0.2, 0) is 10.2 Å². The molecule has 0 saturated carbocycles. The second-order valence-electron chi connectivity index (χ2n) is 8.89. The highest BCUT2D eigenvalue weighted by atomic mass is 19.4. The number of rotatable bonds is 6. The van der Waals surface area contributed by atoms with Gasteiger partial charge >= 0.3 is 6.36 Å². The van der Waals surface area contributed by atoms with Gasteiger partial charge in [-0.05, 0) is 35.4 Å². The van der Waals surface area contributed by atoms with Crippen molar-refractivity contribution in [2.45, 2.75) is 11.8 Å². The molecule has 1 N–H and O–H groups in total. The molecular weight excluding hydrogens is 477 g/mol. The molecule has 1 aromatic heterocycles. The maximum Gasteiger partial charge on any atom is 0.573 e. The first kappa shape index (κ1) is 24.0. The van der Waals surface area contributed by atoms with Gasteiger partial charge in [-0.2, -0.15) is 0 Å². The van der Waals surface area contributed by atoms with Crippen molar-refractivity contribution < 1.29 is 32.5 Å². The van der Waals surface area contributed by atoms with Gasteiger partial charge in [0, 0.05) is 49.3 Å². The first-order valence-corrected chi connectivity index (χ1v) is 11.2. The summed E-state index contributed by atoms with van der Waals surface area (Å²) in [6.07, 6.45) is -1.70. The summed E-state index contributed by atoms with van der Waals surface area (Å²) < 4.78 is 47.3. The van der Waals surface area contributed by atoms with E-state index >= 15 is 0 Å². The van der Waals surface area contributed by atoms with E-state index in [9.17, 15) is 18.0 Å². The van der Waals surface area contributed by atoms with Crippen molar-refractivity contribution in [3.05, 3.63) is 66.0 Å². The van der Waals surface area contributed by atoms with Crippen molar-refractivity contribution in [2.24, 2.45) is 0 Å². The molecule has 0 atom stereocenters. The number of likely N-dealkylation sites (N-methyl/N-ethyl adjacent to an activating group) is 1. The van der Waals surface area contributed by atoms with E-state index in [1.165, 1.54) is 23.1 Å². The van der Waals surface area contributed by atoms with E-state index in [1.807, 2.05) is 11.0 Å². The summed E-state index contributed by atoms with van der Waals surface area (Å²) in [6, 6.07) is 11.1. The standard InChI is InChI=1S/C25H23F3N4O4/c1-31(7-8-33)22(34)17-5-6-20-21(10-17)32(13-24(20)14-35-15-24)23-29-11-18(12-30-23)16-3-2-4-19(9-16)36-25(26,27)28/h2-6,9-12,33H,7-8,13-15H2,1H3. The number of nitrogens with zero attached hydrogens (tertiary/aromatic N) is 4. The second-order valence-corrected chi connectivity index (χ2v) is 8.89. The minimum atomic E-state index is -4.78. The van der Waals surface area contributed by atoms with Crippen LogP contribution in [0.4, 0.5) is 24.8 Å². The van der Waals surface area contributed by atoms with Crippen molar-refractivity contribution in [2.75, 3.05) is 44.9 Å². The Morgan fingerprint density at radius 3 is 2.56 bits per heavy atom. The molecule has 1 saturated heterocycles. The number of benzene rings is 2. The molecule has 1 fully saturated rings. The molecule has 3 aromatic rings. The highest BCUT2D eigenvalue weighted by Crippen LogP contribution is 2.48. The number of ether oxygens (including phenoxy) is 2. The molecule has 3 heterocycles. The van der Waals surface area contributed by atoms with Gasteiger partial charge in [0.25, 0.3) is 5.91 Å². The number of aliphatic hydroxyl groups is 1. The smallest absolute Gasteiger partial charge is 0.406 e. The minimum Gasteiger partial charge on any atom is -0.406 e. The molecule has 1 amide bonds. The van der Waals surface area contributed by atoms with E-state index in [0.29, 0.717) is 42.4 Å². The van der Waals surface area contributed by atoms with E-state index in [2.05, 4.69) is 14.7 Å². The fourth-order valence-electron chi connectivity index (χ4n) is 4.54. The number of amides is 1. The molecule has 2 aromatic carbocycles. The van der Waals surface area contributed by atoms with Crippen LogP contribution in [0.15, 0.2) is 54.9 Å². The van der Waals surface area contributed by atoms with Crippen molar-refractivity contribution >= 4 is 17.5 Å². The zero-order valence-electron chi connectivity index (χ0n) is 19.3. The van der Waals surface area contributed by atoms with Crippen LogP contribution in [-0.4, -0.2) is 72.2 Å². The Bertz CT molecular complexity index is 1280. The molecular formula is C25H23F3N4O4. The number of aliphatic hydroxyl groups excluding tert-OH is 1. The molecule has 2 aliphatic rings. The maximum absolute atomic E-state index is 12.8. The van der Waals surface area contributed by atoms with E-state index in [4.69, 9.17) is 9.84 Å². The third-order valence-electron chi connectivity index (χ3n) is 6.39. The molecule has 0 unspecified atom stereocenters. The second kappa shape index (κ2) is 9.07. The van der Waals surface area contributed by atoms with Gasteiger partial charge in [0.15, 0.2) is 0 Å². The molecule has 11 heteroatoms. The number of hydrogen-bond acceptors (Lipinski definition) is 7. The quantitative estimate of drug-likeness (QED) is 0.554. The Balaban J connectivity index is 1.44. The lowest BCUT2D eigenvalue weighted by atomic mass is 9.80. The van der Waals surface area contributed by atoms with Crippen LogP contribution in [0.25, 0.3) is 11.1 Å². The molecule has 5 rings (SSSR count). The Morgan fingerprint density at radius 1 is 1.17 bits per heavy atom. The Morgan fingerprint density at radius 2 is 1.92 bits per heavy atom. The average Bonchev–Trinajstić information content (AvgIpc) is 3.18. The molecule has 0 aliphatic carbocycles. The third kappa shape index (κ3) is 4.47. The van der Waals surface area contributed by atoms with Crippen LogP contribution in [0.3, 0.4) is 0 Å². The summed E-state index contributed by atoms with van der Waals surface area (Å²) in [5.41, 5.74) is 3.11. The zero-order chi connectivity index (χ0) is 25.5. The molecule has 0 radical (unpaired) electrons. The number of carbonyl (C=O) groups is 1. The molecule has 1 spiro atoms. The van der Waals surface area contributed by atoms with Crippen LogP contribution >= 0.6 is 0 Å². The lowest BCUT2D eigenvalue weighted by Crippen LogP contribution is -2.49. The predicted molar refractivity (Wildman–Crippen MR) is 124 cm³/mol. The molecule has 8 nitrogen and oxygen atoms in total. The normalized spacial score (nSPS) is 16.0. The maximum atomic E-state index is 12.8. The van der Waals surface area contributed by atoms with E-state index in [0.717, 1.165) is 11.3 Å². The third-order valence-corrected chi connectivity index (χ3v) is 6.39. The van der Waals surface area contributed by atoms with Crippen molar-refractivity contribution in [1.82, 2.24) is 14.9 Å². The summed E-state index contributed by atoms with van der Waals surface area (Å²) in [6.45, 7) is 1.74. The Labute approximate surface area is 204 Å². The SMILES string of the molecule is CN(CCO)C(=O)c1ccc2c(c1)N(c1ncc(-c3cccc(OC(F)(F)F)c3)cn1)CC21COC1.